The van der Waals surface area contributed by atoms with Gasteiger partial charge < -0.3 is 9.84 Å². The monoisotopic (exact) mass is 236 g/mol. The van der Waals surface area contributed by atoms with Crippen molar-refractivity contribution >= 4 is 0 Å². The molecule has 5 aliphatic rings. The summed E-state index contributed by atoms with van der Waals surface area (Å²) in [6.07, 6.45) is 9.36. The Morgan fingerprint density at radius 1 is 1.00 bits per heavy atom. The van der Waals surface area contributed by atoms with Crippen LogP contribution in [-0.2, 0) is 4.74 Å². The fraction of sp³-hybridized carbons (Fsp3) is 1.00. The summed E-state index contributed by atoms with van der Waals surface area (Å²) in [5.41, 5.74) is 0.299. The molecule has 0 aromatic rings. The van der Waals surface area contributed by atoms with Crippen LogP contribution in [0.1, 0.15) is 44.9 Å². The molecule has 1 N–H and O–H groups in total. The zero-order chi connectivity index (χ0) is 11.5. The minimum Gasteiger partial charge on any atom is -0.392 e. The van der Waals surface area contributed by atoms with E-state index < -0.39 is 0 Å². The highest BCUT2D eigenvalue weighted by molar-refractivity contribution is 5.05. The van der Waals surface area contributed by atoms with E-state index in [0.29, 0.717) is 11.3 Å². The largest absolute Gasteiger partial charge is 0.392 e. The van der Waals surface area contributed by atoms with Gasteiger partial charge in [-0.2, -0.15) is 0 Å². The maximum absolute atomic E-state index is 10.8. The van der Waals surface area contributed by atoms with E-state index in [4.69, 9.17) is 4.74 Å². The van der Waals surface area contributed by atoms with Gasteiger partial charge in [-0.05, 0) is 68.1 Å². The average molecular weight is 236 g/mol. The maximum Gasteiger partial charge on any atom is 0.0647 e. The molecule has 0 spiro atoms. The fourth-order valence-corrected chi connectivity index (χ4v) is 5.84. The third-order valence-corrected chi connectivity index (χ3v) is 6.12. The quantitative estimate of drug-likeness (QED) is 0.798. The minimum absolute atomic E-state index is 0.0709. The molecule has 2 heteroatoms. The zero-order valence-corrected chi connectivity index (χ0v) is 10.6. The third-order valence-electron chi connectivity index (χ3n) is 6.12. The van der Waals surface area contributed by atoms with E-state index in [0.717, 1.165) is 37.4 Å². The molecule has 96 valence electrons. The predicted molar refractivity (Wildman–Crippen MR) is 65.5 cm³/mol. The van der Waals surface area contributed by atoms with E-state index in [1.807, 2.05) is 0 Å². The molecule has 4 bridgehead atoms. The molecule has 1 saturated heterocycles. The number of rotatable bonds is 2. The van der Waals surface area contributed by atoms with E-state index in [-0.39, 0.29) is 6.10 Å². The molecule has 4 aliphatic carbocycles. The Kier molecular flexibility index (Phi) is 2.36. The Bertz CT molecular complexity index is 271. The van der Waals surface area contributed by atoms with Crippen LogP contribution < -0.4 is 0 Å². The SMILES string of the molecule is OC(C1CCOC1)C12CC3CC(CC(C3)C1)C2. The summed E-state index contributed by atoms with van der Waals surface area (Å²) in [5, 5.41) is 10.8. The second-order valence-electron chi connectivity index (χ2n) is 7.35. The van der Waals surface area contributed by atoms with Crippen LogP contribution in [-0.4, -0.2) is 24.4 Å². The molecule has 2 nitrogen and oxygen atoms in total. The molecule has 0 aromatic carbocycles. The van der Waals surface area contributed by atoms with Gasteiger partial charge in [-0.25, -0.2) is 0 Å². The first-order valence-electron chi connectivity index (χ1n) is 7.51. The van der Waals surface area contributed by atoms with E-state index in [1.165, 1.54) is 38.5 Å². The second-order valence-corrected chi connectivity index (χ2v) is 7.35. The highest BCUT2D eigenvalue weighted by atomic mass is 16.5. The van der Waals surface area contributed by atoms with Crippen LogP contribution >= 0.6 is 0 Å². The van der Waals surface area contributed by atoms with Gasteiger partial charge in [-0.15, -0.1) is 0 Å². The van der Waals surface area contributed by atoms with Crippen LogP contribution in [0.5, 0.6) is 0 Å². The lowest BCUT2D eigenvalue weighted by molar-refractivity contribution is -0.137. The highest BCUT2D eigenvalue weighted by Crippen LogP contribution is 2.62. The summed E-state index contributed by atoms with van der Waals surface area (Å²) in [5.74, 6) is 3.26. The smallest absolute Gasteiger partial charge is 0.0647 e. The molecule has 0 radical (unpaired) electrons. The average Bonchev–Trinajstić information content (AvgIpc) is 2.79. The summed E-state index contributed by atoms with van der Waals surface area (Å²) < 4.78 is 5.48. The van der Waals surface area contributed by atoms with Crippen molar-refractivity contribution in [3.05, 3.63) is 0 Å². The fourth-order valence-electron chi connectivity index (χ4n) is 5.84. The Labute approximate surface area is 104 Å². The Morgan fingerprint density at radius 3 is 2.06 bits per heavy atom. The normalized spacial score (nSPS) is 54.2. The number of hydrogen-bond donors (Lipinski definition) is 1. The molecule has 1 aliphatic heterocycles. The summed E-state index contributed by atoms with van der Waals surface area (Å²) >= 11 is 0. The lowest BCUT2D eigenvalue weighted by atomic mass is 9.47. The van der Waals surface area contributed by atoms with E-state index >= 15 is 0 Å². The Hall–Kier alpha value is -0.0800. The minimum atomic E-state index is -0.0709. The van der Waals surface area contributed by atoms with E-state index in [1.54, 1.807) is 0 Å². The van der Waals surface area contributed by atoms with Gasteiger partial charge in [0.25, 0.3) is 0 Å². The zero-order valence-electron chi connectivity index (χ0n) is 10.6. The van der Waals surface area contributed by atoms with Crippen LogP contribution in [0.15, 0.2) is 0 Å². The van der Waals surface area contributed by atoms with Crippen molar-refractivity contribution in [1.29, 1.82) is 0 Å². The Balaban J connectivity index is 1.59. The molecule has 1 heterocycles. The number of aliphatic hydroxyl groups is 1. The molecule has 2 atom stereocenters. The van der Waals surface area contributed by atoms with Gasteiger partial charge in [0.15, 0.2) is 0 Å². The van der Waals surface area contributed by atoms with Gasteiger partial charge in [0.05, 0.1) is 12.7 Å². The maximum atomic E-state index is 10.8. The first kappa shape index (κ1) is 10.8. The van der Waals surface area contributed by atoms with Crippen molar-refractivity contribution in [3.63, 3.8) is 0 Å². The van der Waals surface area contributed by atoms with Crippen LogP contribution in [0.4, 0.5) is 0 Å². The van der Waals surface area contributed by atoms with Crippen LogP contribution in [0.3, 0.4) is 0 Å². The topological polar surface area (TPSA) is 29.5 Å². The van der Waals surface area contributed by atoms with Crippen molar-refractivity contribution < 1.29 is 9.84 Å². The molecule has 4 saturated carbocycles. The molecule has 0 aromatic heterocycles. The lowest BCUT2D eigenvalue weighted by Crippen LogP contribution is -2.53. The van der Waals surface area contributed by atoms with Crippen LogP contribution in [0.25, 0.3) is 0 Å². The summed E-state index contributed by atoms with van der Waals surface area (Å²) in [7, 11) is 0. The van der Waals surface area contributed by atoms with Crippen molar-refractivity contribution in [1.82, 2.24) is 0 Å². The standard InChI is InChI=1S/C15H24O2/c16-14(13-1-2-17-9-13)15-6-10-3-11(7-15)5-12(4-10)8-15/h10-14,16H,1-9H2. The van der Waals surface area contributed by atoms with Gasteiger partial charge in [-0.3, -0.25) is 0 Å². The summed E-state index contributed by atoms with van der Waals surface area (Å²) in [6.45, 7) is 1.68. The van der Waals surface area contributed by atoms with Crippen LogP contribution in [0.2, 0.25) is 0 Å². The van der Waals surface area contributed by atoms with Crippen molar-refractivity contribution in [3.8, 4) is 0 Å². The Morgan fingerprint density at radius 2 is 1.59 bits per heavy atom. The molecule has 17 heavy (non-hydrogen) atoms. The molecular weight excluding hydrogens is 212 g/mol. The first-order chi connectivity index (χ1) is 8.25. The summed E-state index contributed by atoms with van der Waals surface area (Å²) in [4.78, 5) is 0. The van der Waals surface area contributed by atoms with Crippen LogP contribution in [0, 0.1) is 29.1 Å². The molecule has 5 rings (SSSR count). The van der Waals surface area contributed by atoms with Gasteiger partial charge in [0.2, 0.25) is 0 Å². The van der Waals surface area contributed by atoms with E-state index in [2.05, 4.69) is 0 Å². The van der Waals surface area contributed by atoms with Gasteiger partial charge >= 0.3 is 0 Å². The molecule has 2 unspecified atom stereocenters. The van der Waals surface area contributed by atoms with Crippen molar-refractivity contribution in [2.24, 2.45) is 29.1 Å². The highest BCUT2D eigenvalue weighted by Gasteiger charge is 2.55. The molecule has 0 amide bonds. The molecule has 5 fully saturated rings. The number of aliphatic hydroxyl groups excluding tert-OH is 1. The summed E-state index contributed by atoms with van der Waals surface area (Å²) in [6, 6.07) is 0. The van der Waals surface area contributed by atoms with Gasteiger partial charge in [0.1, 0.15) is 0 Å². The lowest BCUT2D eigenvalue weighted by Gasteiger charge is -2.59. The first-order valence-corrected chi connectivity index (χ1v) is 7.51. The number of ether oxygens (including phenoxy) is 1. The third kappa shape index (κ3) is 1.60. The van der Waals surface area contributed by atoms with E-state index in [9.17, 15) is 5.11 Å². The van der Waals surface area contributed by atoms with Crippen molar-refractivity contribution in [2.45, 2.75) is 51.0 Å². The molecular formula is C15H24O2. The van der Waals surface area contributed by atoms with Crippen molar-refractivity contribution in [2.75, 3.05) is 13.2 Å². The predicted octanol–water partition coefficient (Wildman–Crippen LogP) is 2.60. The second kappa shape index (κ2) is 3.71. The van der Waals surface area contributed by atoms with Gasteiger partial charge in [-0.1, -0.05) is 0 Å². The number of hydrogen-bond acceptors (Lipinski definition) is 2. The van der Waals surface area contributed by atoms with Gasteiger partial charge in [0, 0.05) is 12.5 Å².